The second kappa shape index (κ2) is 40.9. The van der Waals surface area contributed by atoms with E-state index < -0.39 is 59.9 Å². The number of aromatic nitrogens is 3. The lowest BCUT2D eigenvalue weighted by Gasteiger charge is -2.26. The maximum absolute atomic E-state index is 13.8. The average molecular weight is 1760 g/mol. The number of carboxylic acids is 4. The number of carboxylic acid groups (broad SMARTS) is 4. The van der Waals surface area contributed by atoms with Crippen LogP contribution in [0.3, 0.4) is 0 Å². The van der Waals surface area contributed by atoms with Gasteiger partial charge in [-0.2, -0.15) is 29.7 Å². The zero-order valence-electron chi connectivity index (χ0n) is 62.0. The Labute approximate surface area is 713 Å². The molecule has 3 amide bonds. The van der Waals surface area contributed by atoms with E-state index in [2.05, 4.69) is 4.85 Å². The molecule has 29 nitrogen and oxygen atoms in total. The summed E-state index contributed by atoms with van der Waals surface area (Å²) < 4.78 is 6.41. The predicted octanol–water partition coefficient (Wildman–Crippen LogP) is 7.85. The number of aliphatic carboxylic acids is 4. The van der Waals surface area contributed by atoms with E-state index in [-0.39, 0.29) is 63.1 Å². The number of thiazole rings is 3. The number of thiocarbonyl (C=S) groups is 3. The first kappa shape index (κ1) is 89.4. The number of hydrogen-bond acceptors (Lipinski definition) is 27. The second-order valence-electron chi connectivity index (χ2n) is 24.2. The van der Waals surface area contributed by atoms with Crippen LogP contribution in [0.5, 0.6) is 0 Å². The molecular formula is C81H57N11O18S9. The molecule has 0 unspecified atom stereocenters. The highest BCUT2D eigenvalue weighted by Crippen LogP contribution is 2.39. The first-order valence-corrected chi connectivity index (χ1v) is 40.4. The fourth-order valence-electron chi connectivity index (χ4n) is 11.5. The maximum atomic E-state index is 13.8. The molecule has 3 saturated heterocycles. The van der Waals surface area contributed by atoms with Crippen molar-refractivity contribution in [3.8, 4) is 12.1 Å². The number of anilines is 6. The van der Waals surface area contributed by atoms with Gasteiger partial charge in [-0.05, 0) is 157 Å². The molecule has 38 heteroatoms. The third-order valence-electron chi connectivity index (χ3n) is 17.0. The molecule has 3 fully saturated rings. The Balaban J connectivity index is 0.000000313. The molecule has 4 N–H and O–H groups in total. The zero-order valence-corrected chi connectivity index (χ0v) is 69.4. The number of carbonyl (C=O) groups is 7. The summed E-state index contributed by atoms with van der Waals surface area (Å²) in [6.45, 7) is 12.0. The Kier molecular flexibility index (Phi) is 30.7. The summed E-state index contributed by atoms with van der Waals surface area (Å²) in [6, 6.07) is 46.6. The third kappa shape index (κ3) is 21.0. The number of benzene rings is 6. The van der Waals surface area contributed by atoms with Crippen LogP contribution in [0.15, 0.2) is 177 Å². The van der Waals surface area contributed by atoms with Crippen molar-refractivity contribution in [1.82, 2.24) is 28.4 Å². The Hall–Kier alpha value is -13.5. The highest BCUT2D eigenvalue weighted by atomic mass is 32.2. The fourth-order valence-corrected chi connectivity index (χ4v) is 19.5. The number of thioether (sulfide) groups is 3. The first-order chi connectivity index (χ1) is 57.0. The molecule has 0 aliphatic carbocycles. The molecule has 3 aromatic heterocycles. The van der Waals surface area contributed by atoms with Crippen LogP contribution in [-0.4, -0.2) is 135 Å². The molecule has 3 aliphatic heterocycles. The molecule has 0 atom stereocenters. The monoisotopic (exact) mass is 1760 g/mol. The van der Waals surface area contributed by atoms with E-state index in [4.69, 9.17) is 83.1 Å². The topological polar surface area (TPSA) is 403 Å². The fraction of sp³-hybridized carbons (Fsp3) is 0.111. The molecule has 6 heterocycles. The van der Waals surface area contributed by atoms with Crippen LogP contribution in [0.2, 0.25) is 0 Å². The molecule has 0 spiro atoms. The van der Waals surface area contributed by atoms with E-state index in [1.165, 1.54) is 60.7 Å². The molecule has 9 aromatic rings. The minimum Gasteiger partial charge on any atom is -0.480 e. The summed E-state index contributed by atoms with van der Waals surface area (Å²) in [4.78, 5) is 172. The minimum absolute atomic E-state index is 0.186. The van der Waals surface area contributed by atoms with Gasteiger partial charge in [0.2, 0.25) is 0 Å². The van der Waals surface area contributed by atoms with Gasteiger partial charge in [-0.1, -0.05) is 151 Å². The number of rotatable bonds is 21. The summed E-state index contributed by atoms with van der Waals surface area (Å²) in [5.74, 6) is -6.16. The van der Waals surface area contributed by atoms with Crippen LogP contribution in [-0.2, 0) is 72.9 Å². The number of carbonyl (C=O) groups excluding carboxylic acids is 7. The Morgan fingerprint density at radius 1 is 0.437 bits per heavy atom. The van der Waals surface area contributed by atoms with Gasteiger partial charge in [0.25, 0.3) is 34.4 Å². The normalized spacial score (nSPS) is 15.1. The van der Waals surface area contributed by atoms with Gasteiger partial charge in [-0.15, -0.1) is 34.0 Å². The van der Waals surface area contributed by atoms with E-state index in [9.17, 15) is 58.2 Å². The SMILES string of the molecule is CCN1C(=O)/C(=c2\sc(=Cc3ccc(N(c4ccc(/C=c5\s/c(=C6/SC(=S)N(CC)C6=O)n(CC(=O)O)c5=O)cc4)c4ccc(/C=c5/s/c(=C6/SC(=S)N(CC)C6=O)n(CC(=O)O)c5=O)cc4)cc3)c(=O)n2C)SC1=S.O=C=O.O=C=O.[C-]#[N+]C=Cc1ccc(N(c2ccc(/C=C(/C#N)C(=O)O)cc2)c2ccc(/C=C(\C#N)C(=O)O)cc2)cc1. The molecule has 598 valence electrons. The van der Waals surface area contributed by atoms with Crippen molar-refractivity contribution in [2.45, 2.75) is 33.9 Å². The molecule has 0 saturated carbocycles. The lowest BCUT2D eigenvalue weighted by molar-refractivity contribution is -0.193. The van der Waals surface area contributed by atoms with Crippen molar-refractivity contribution in [1.29, 1.82) is 10.5 Å². The quantitative estimate of drug-likeness (QED) is 0.0230. The van der Waals surface area contributed by atoms with Crippen molar-refractivity contribution in [2.75, 3.05) is 29.4 Å². The highest BCUT2D eigenvalue weighted by Gasteiger charge is 2.36. The standard InChI is InChI=1S/C50H39N7O10S9.C29H18N4O4.2CO2/c1-5-52-42(65)36(74-48(52)68)45-51(4)39(62)31(71-45)20-25-8-14-28(15-9-25)57(29-16-10-26(11-17-29)21-32-40(63)55(23-34(58)59)46(72-32)37-43(66)53(6-2)49(69)75-37)30-18-12-27(13-19-30)22-33-41(64)56(24-35(60)61)47(73-33)38-44(67)54(7-3)50(70)76-38;1-32-15-14-20-2-8-25(9-3-20)33(26-10-4-21(5-11-26)16-23(18-30)28(34)35)27-12-6-22(7-13-27)17-24(19-31)29(36)37;2*2-1-3/h8-22H,5-7,23-24H2,1-4H3,(H,58,59)(H,60,61);2-17H,(H,34,35)(H,36,37);;/b31-20?,32-21-,33-22+,45-36+,46-37+,47-38+;15-14?,23-16-,24-17+;;. The smallest absolute Gasteiger partial charge is 0.373 e. The zero-order chi connectivity index (χ0) is 86.6. The molecular weight excluding hydrogens is 1700 g/mol. The molecule has 0 bridgehead atoms. The minimum atomic E-state index is -1.31. The van der Waals surface area contributed by atoms with Crippen molar-refractivity contribution < 1.29 is 73.2 Å². The van der Waals surface area contributed by atoms with Crippen LogP contribution in [0, 0.1) is 29.2 Å². The molecule has 6 aromatic carbocycles. The highest BCUT2D eigenvalue weighted by molar-refractivity contribution is 8.31. The Bertz CT molecular complexity index is 6290. The van der Waals surface area contributed by atoms with Crippen molar-refractivity contribution in [3.05, 3.63) is 266 Å². The van der Waals surface area contributed by atoms with Gasteiger partial charge in [0, 0.05) is 60.8 Å². The summed E-state index contributed by atoms with van der Waals surface area (Å²) >= 11 is 22.6. The van der Waals surface area contributed by atoms with Gasteiger partial charge >= 0.3 is 36.2 Å². The van der Waals surface area contributed by atoms with Crippen molar-refractivity contribution in [3.63, 3.8) is 0 Å². The van der Waals surface area contributed by atoms with Crippen LogP contribution in [0.4, 0.5) is 34.1 Å². The van der Waals surface area contributed by atoms with Crippen LogP contribution in [0.1, 0.15) is 54.2 Å². The second-order valence-corrected chi connectivity index (χ2v) is 32.2. The lowest BCUT2D eigenvalue weighted by Crippen LogP contribution is -2.35. The summed E-state index contributed by atoms with van der Waals surface area (Å²) in [6.07, 6.45) is 11.1. The lowest BCUT2D eigenvalue weighted by atomic mass is 10.1. The van der Waals surface area contributed by atoms with E-state index in [0.29, 0.717) is 91.6 Å². The first-order valence-electron chi connectivity index (χ1n) is 34.3. The van der Waals surface area contributed by atoms with E-state index in [0.717, 1.165) is 78.0 Å². The molecule has 119 heavy (non-hydrogen) atoms. The maximum Gasteiger partial charge on any atom is 0.373 e. The van der Waals surface area contributed by atoms with Crippen LogP contribution >= 0.6 is 106 Å². The Morgan fingerprint density at radius 3 is 0.950 bits per heavy atom. The van der Waals surface area contributed by atoms with Gasteiger partial charge in [0.1, 0.15) is 78.0 Å². The third-order valence-corrected chi connectivity index (χ3v) is 25.1. The summed E-state index contributed by atoms with van der Waals surface area (Å²) in [5, 5.41) is 55.7. The van der Waals surface area contributed by atoms with Crippen molar-refractivity contribution >= 4 is 258 Å². The summed E-state index contributed by atoms with van der Waals surface area (Å²) in [7, 11) is 1.62. The average Bonchev–Trinajstić information content (AvgIpc) is 1.65. The van der Waals surface area contributed by atoms with Crippen LogP contribution in [0.25, 0.3) is 56.0 Å². The largest absolute Gasteiger partial charge is 0.480 e. The molecule has 12 rings (SSSR count). The Morgan fingerprint density at radius 2 is 0.697 bits per heavy atom. The van der Waals surface area contributed by atoms with E-state index in [1.807, 2.05) is 89.5 Å². The van der Waals surface area contributed by atoms with Gasteiger partial charge in [-0.3, -0.25) is 62.2 Å². The van der Waals surface area contributed by atoms with E-state index >= 15 is 0 Å². The van der Waals surface area contributed by atoms with Gasteiger partial charge in [0.05, 0.1) is 20.2 Å². The number of amides is 3. The van der Waals surface area contributed by atoms with Crippen molar-refractivity contribution in [2.24, 2.45) is 7.05 Å². The van der Waals surface area contributed by atoms with Gasteiger partial charge < -0.3 is 34.8 Å². The number of nitrogens with zero attached hydrogens (tertiary/aromatic N) is 11. The van der Waals surface area contributed by atoms with Crippen LogP contribution < -0.4 is 54.1 Å². The molecule has 0 radical (unpaired) electrons. The van der Waals surface area contributed by atoms with E-state index in [1.54, 1.807) is 130 Å². The number of hydrogen-bond donors (Lipinski definition) is 4. The summed E-state index contributed by atoms with van der Waals surface area (Å²) in [5.41, 5.74) is 5.99. The predicted molar refractivity (Wildman–Crippen MR) is 464 cm³/mol. The van der Waals surface area contributed by atoms with Gasteiger partial charge in [0.15, 0.2) is 6.20 Å². The van der Waals surface area contributed by atoms with Gasteiger partial charge in [-0.25, -0.2) is 14.4 Å². The number of nitriles is 2. The molecule has 3 aliphatic rings.